The van der Waals surface area contributed by atoms with Gasteiger partial charge < -0.3 is 31.0 Å². The molecule has 0 bridgehead atoms. The van der Waals surface area contributed by atoms with Crippen LogP contribution in [0.3, 0.4) is 0 Å². The van der Waals surface area contributed by atoms with E-state index < -0.39 is 5.20 Å². The van der Waals surface area contributed by atoms with Crippen LogP contribution in [0.5, 0.6) is 0 Å². The van der Waals surface area contributed by atoms with Crippen LogP contribution in [-0.4, -0.2) is 61.7 Å². The van der Waals surface area contributed by atoms with Crippen LogP contribution in [0.25, 0.3) is 27.9 Å². The molecule has 6 rings (SSSR count). The third-order valence-corrected chi connectivity index (χ3v) is 6.74. The van der Waals surface area contributed by atoms with E-state index >= 15 is 0 Å². The van der Waals surface area contributed by atoms with Gasteiger partial charge in [0.25, 0.3) is 0 Å². The summed E-state index contributed by atoms with van der Waals surface area (Å²) in [6, 6.07) is 14.2. The fourth-order valence-electron chi connectivity index (χ4n) is 3.45. The molecule has 0 aliphatic rings. The summed E-state index contributed by atoms with van der Waals surface area (Å²) < 4.78 is 19.6. The van der Waals surface area contributed by atoms with Crippen molar-refractivity contribution in [3.63, 3.8) is 0 Å². The number of aromatic amines is 1. The van der Waals surface area contributed by atoms with E-state index in [-0.39, 0.29) is 53.7 Å². The molecule has 5 N–H and O–H groups in total. The number of hydrogen-bond acceptors (Lipinski definition) is 14. The number of rotatable bonds is 5. The first-order valence-electron chi connectivity index (χ1n) is 16.7. The van der Waals surface area contributed by atoms with Crippen LogP contribution in [-0.2, 0) is 23.6 Å². The Morgan fingerprint density at radius 3 is 1.83 bits per heavy atom. The van der Waals surface area contributed by atoms with Crippen LogP contribution in [0.2, 0.25) is 5.15 Å². The third kappa shape index (κ3) is 30.1. The number of carbonyl (C=O) groups excluding carboxylic acids is 2. The minimum atomic E-state index is -3.22. The van der Waals surface area contributed by atoms with Crippen molar-refractivity contribution < 1.29 is 58.3 Å². The zero-order chi connectivity index (χ0) is 44.6. The number of nitrogens with two attached hydrogens (primary N) is 2. The summed E-state index contributed by atoms with van der Waals surface area (Å²) in [5.74, 6) is -0.730. The first kappa shape index (κ1) is 58.2. The molecule has 0 spiro atoms. The van der Waals surface area contributed by atoms with Crippen LogP contribution in [0.1, 0.15) is 26.3 Å². The Bertz CT molecular complexity index is 2280. The van der Waals surface area contributed by atoms with E-state index in [2.05, 4.69) is 90.9 Å². The molecule has 60 heavy (non-hydrogen) atoms. The van der Waals surface area contributed by atoms with Crippen molar-refractivity contribution in [1.82, 2.24) is 29.9 Å². The van der Waals surface area contributed by atoms with Gasteiger partial charge in [0.05, 0.1) is 60.4 Å². The molecule has 0 aromatic carbocycles. The van der Waals surface area contributed by atoms with E-state index in [1.807, 2.05) is 18.2 Å². The van der Waals surface area contributed by atoms with Crippen LogP contribution < -0.4 is 51.7 Å². The van der Waals surface area contributed by atoms with Crippen molar-refractivity contribution >= 4 is 118 Å². The van der Waals surface area contributed by atoms with Gasteiger partial charge >= 0.3 is 46.7 Å². The number of pyridine rings is 6. The summed E-state index contributed by atoms with van der Waals surface area (Å²) in [6.45, 7) is 9.07. The van der Waals surface area contributed by atoms with E-state index in [1.165, 1.54) is 18.3 Å². The number of halogens is 5. The van der Waals surface area contributed by atoms with Crippen molar-refractivity contribution in [1.29, 1.82) is 0 Å². The predicted octanol–water partition coefficient (Wildman–Crippen LogP) is 5.79. The Labute approximate surface area is 397 Å². The summed E-state index contributed by atoms with van der Waals surface area (Å²) in [6.07, 6.45) is 17.3. The molecule has 0 atom stereocenters. The van der Waals surface area contributed by atoms with Gasteiger partial charge in [-0.25, -0.2) is 14.6 Å². The van der Waals surface area contributed by atoms with Crippen molar-refractivity contribution in [2.45, 2.75) is 20.8 Å². The van der Waals surface area contributed by atoms with Gasteiger partial charge in [0.1, 0.15) is 5.15 Å². The zero-order valence-electron chi connectivity index (χ0n) is 32.9. The molecule has 6 aromatic rings. The molecular formula is C38H41BrCl4N8NaO7P. The molecule has 6 heterocycles. The van der Waals surface area contributed by atoms with Gasteiger partial charge in [-0.1, -0.05) is 25.1 Å². The third-order valence-electron chi connectivity index (χ3n) is 5.81. The number of nitrogens with zero attached hydrogens (tertiary/aromatic N) is 5. The molecule has 6 aromatic heterocycles. The van der Waals surface area contributed by atoms with Crippen molar-refractivity contribution in [2.24, 2.45) is 0 Å². The van der Waals surface area contributed by atoms with Gasteiger partial charge in [-0.2, -0.15) is 0 Å². The molecular weight excluding hydrogens is 956 g/mol. The van der Waals surface area contributed by atoms with Crippen molar-refractivity contribution in [3.8, 4) is 0 Å². The fraction of sp³-hybridized carbons (Fsp3) is 0.158. The van der Waals surface area contributed by atoms with Gasteiger partial charge in [-0.15, -0.1) is 6.61 Å². The van der Waals surface area contributed by atoms with Crippen LogP contribution in [0.4, 0.5) is 11.4 Å². The van der Waals surface area contributed by atoms with E-state index in [0.29, 0.717) is 29.7 Å². The van der Waals surface area contributed by atoms with Crippen LogP contribution in [0, 0.1) is 0 Å². The Morgan fingerprint density at radius 2 is 1.32 bits per heavy atom. The molecule has 22 heteroatoms. The maximum Gasteiger partial charge on any atom is 1.00 e. The largest absolute Gasteiger partial charge is 1.00 e. The van der Waals surface area contributed by atoms with Gasteiger partial charge in [0.2, 0.25) is 5.56 Å². The molecule has 0 aliphatic carbocycles. The average Bonchev–Trinajstić information content (AvgIpc) is 3.19. The Hall–Kier alpha value is -3.93. The average molecular weight is 997 g/mol. The minimum Gasteiger partial charge on any atom is -0.855 e. The summed E-state index contributed by atoms with van der Waals surface area (Å²) in [7, 11) is 0. The number of H-pyrrole nitrogens is 1. The smallest absolute Gasteiger partial charge is 0.855 e. The second-order valence-corrected chi connectivity index (χ2v) is 18.0. The van der Waals surface area contributed by atoms with Crippen molar-refractivity contribution in [3.05, 3.63) is 142 Å². The number of hydrogen-bond donors (Lipinski definition) is 3. The number of nitrogens with one attached hydrogen (secondary N) is 1. The predicted molar refractivity (Wildman–Crippen MR) is 240 cm³/mol. The zero-order valence-corrected chi connectivity index (χ0v) is 40.4. The van der Waals surface area contributed by atoms with Gasteiger partial charge in [-0.05, 0) is 112 Å². The molecule has 0 saturated heterocycles. The first-order valence-corrected chi connectivity index (χ1v) is 22.3. The molecule has 0 saturated carbocycles. The maximum absolute atomic E-state index is 11.0. The summed E-state index contributed by atoms with van der Waals surface area (Å²) in [4.78, 5) is 54.0. The number of carbonyl (C=O) groups is 2. The van der Waals surface area contributed by atoms with E-state index in [1.54, 1.807) is 94.5 Å². The van der Waals surface area contributed by atoms with Crippen LogP contribution >= 0.6 is 66.5 Å². The minimum absolute atomic E-state index is 0. The second-order valence-electron chi connectivity index (χ2n) is 10.1. The molecule has 0 radical (unpaired) electrons. The standard InChI is InChI=1S/C10H12N2O2.C8H5ClN2.C8H6N2O.C5H5BrN2.C5H8O2.C2H5O.Cl3OP.Na/c1-2-14-10(13)4-3-8-5-6-12-7-9(8)11;9-8-2-1-6-3-4-10-5-7(6)11-8;11-8-2-1-6-3-4-9-5-7(6)10-8;6-4-1-2-8-3-5(4)7;1-3-5(6)7-4-2;1-2-3;1-5(2,3)4;/h3-7H,2,11H2,1H3;1-5H;1-5H,(H,10,11);1-3H,7H2;3H,1,4H2,2H3;2H2,1H3;;/q;;;;;-1;;+1/b4-3+;;;;;;;. The van der Waals surface area contributed by atoms with Gasteiger partial charge in [0.15, 0.2) is 0 Å². The molecule has 0 aliphatic heterocycles. The molecule has 0 fully saturated rings. The second kappa shape index (κ2) is 34.7. The normalized spacial score (nSPS) is 9.55. The number of nitrogen functional groups attached to an aromatic ring is 2. The van der Waals surface area contributed by atoms with Crippen LogP contribution in [0.15, 0.2) is 126 Å². The summed E-state index contributed by atoms with van der Waals surface area (Å²) >= 11 is 22.8. The number of fused-ring (bicyclic) bond motifs is 2. The topological polar surface area (TPSA) is 242 Å². The van der Waals surface area contributed by atoms with E-state index in [0.717, 1.165) is 37.9 Å². The fourth-order valence-corrected chi connectivity index (χ4v) is 3.82. The molecule has 316 valence electrons. The Kier molecular flexibility index (Phi) is 33.7. The Morgan fingerprint density at radius 1 is 0.817 bits per heavy atom. The van der Waals surface area contributed by atoms with Crippen molar-refractivity contribution in [2.75, 3.05) is 31.3 Å². The number of esters is 2. The SMILES string of the molecule is C=CC(=O)OCC.CCOC(=O)/C=C/c1ccncc1N.CC[O-].Clc1ccc2ccncc2n1.Nc1cnccc1Br.O=P(Cl)(Cl)Cl.O=c1ccc2ccncc2[nH]1.[Na+]. The first-order chi connectivity index (χ1) is 28.0. The number of anilines is 2. The van der Waals surface area contributed by atoms with Gasteiger partial charge in [0, 0.05) is 63.8 Å². The van der Waals surface area contributed by atoms with E-state index in [9.17, 15) is 18.9 Å². The number of ether oxygens (including phenoxy) is 2. The monoisotopic (exact) mass is 994 g/mol. The Balaban J connectivity index is 0. The molecule has 0 unspecified atom stereocenters. The van der Waals surface area contributed by atoms with E-state index in [4.69, 9.17) is 32.9 Å². The molecule has 0 amide bonds. The number of aromatic nitrogens is 6. The quantitative estimate of drug-likeness (QED) is 0.0609. The summed E-state index contributed by atoms with van der Waals surface area (Å²) in [5, 5.41) is 8.27. The summed E-state index contributed by atoms with van der Waals surface area (Å²) in [5.41, 5.74) is 14.5. The van der Waals surface area contributed by atoms with Gasteiger partial charge in [-0.3, -0.25) is 29.3 Å². The maximum atomic E-state index is 11.0. The molecule has 15 nitrogen and oxygen atoms in total.